The van der Waals surface area contributed by atoms with Gasteiger partial charge in [0.05, 0.1) is 18.3 Å². The number of ether oxygens (including phenoxy) is 1. The van der Waals surface area contributed by atoms with Gasteiger partial charge in [-0.15, -0.1) is 0 Å². The van der Waals surface area contributed by atoms with Gasteiger partial charge in [-0.3, -0.25) is 0 Å². The van der Waals surface area contributed by atoms with Crippen LogP contribution in [0.5, 0.6) is 0 Å². The molecule has 0 amide bonds. The van der Waals surface area contributed by atoms with Gasteiger partial charge in [0.1, 0.15) is 0 Å². The number of thioether (sulfide) groups is 1. The molecule has 0 radical (unpaired) electrons. The summed E-state index contributed by atoms with van der Waals surface area (Å²) < 4.78 is 5.57. The van der Waals surface area contributed by atoms with Crippen LogP contribution in [0.15, 0.2) is 0 Å². The molecule has 3 unspecified atom stereocenters. The number of nitrogens with one attached hydrogen (secondary N) is 1. The van der Waals surface area contributed by atoms with Gasteiger partial charge in [0, 0.05) is 17.8 Å². The molecule has 1 aliphatic rings. The molecule has 4 heteroatoms. The molecule has 108 valence electrons. The molecule has 1 rings (SSSR count). The molecule has 0 aromatic carbocycles. The first kappa shape index (κ1) is 16.3. The highest BCUT2D eigenvalue weighted by Gasteiger charge is 2.24. The first-order valence-corrected chi connectivity index (χ1v) is 8.12. The largest absolute Gasteiger partial charge is 0.389 e. The average Bonchev–Trinajstić information content (AvgIpc) is 2.71. The zero-order chi connectivity index (χ0) is 13.6. The first-order valence-electron chi connectivity index (χ1n) is 7.07. The quantitative estimate of drug-likeness (QED) is 0.749. The molecule has 0 aliphatic heterocycles. The highest BCUT2D eigenvalue weighted by Crippen LogP contribution is 2.29. The Balaban J connectivity index is 2.10. The third-order valence-corrected chi connectivity index (χ3v) is 4.37. The molecule has 0 saturated heterocycles. The number of hydrogen-bond donors (Lipinski definition) is 2. The molecular weight excluding hydrogens is 246 g/mol. The molecule has 2 N–H and O–H groups in total. The van der Waals surface area contributed by atoms with Crippen LogP contribution in [0.1, 0.15) is 47.0 Å². The molecule has 1 aliphatic carbocycles. The molecule has 0 aromatic rings. The zero-order valence-electron chi connectivity index (χ0n) is 12.2. The lowest BCUT2D eigenvalue weighted by Crippen LogP contribution is -2.38. The van der Waals surface area contributed by atoms with Crippen LogP contribution < -0.4 is 5.32 Å². The van der Waals surface area contributed by atoms with Crippen molar-refractivity contribution < 1.29 is 9.84 Å². The third kappa shape index (κ3) is 6.98. The lowest BCUT2D eigenvalue weighted by molar-refractivity contribution is -0.0483. The SMILES string of the molecule is CCSC1CCC(NCC(O)COC(C)(C)C)C1. The summed E-state index contributed by atoms with van der Waals surface area (Å²) in [6.07, 6.45) is 3.39. The Morgan fingerprint density at radius 1 is 1.39 bits per heavy atom. The van der Waals surface area contributed by atoms with Gasteiger partial charge in [-0.2, -0.15) is 11.8 Å². The zero-order valence-corrected chi connectivity index (χ0v) is 13.1. The Morgan fingerprint density at radius 2 is 2.11 bits per heavy atom. The number of aliphatic hydroxyl groups excluding tert-OH is 1. The summed E-state index contributed by atoms with van der Waals surface area (Å²) in [7, 11) is 0. The maximum absolute atomic E-state index is 9.85. The van der Waals surface area contributed by atoms with Gasteiger partial charge in [0.25, 0.3) is 0 Å². The maximum Gasteiger partial charge on any atom is 0.0898 e. The van der Waals surface area contributed by atoms with Gasteiger partial charge < -0.3 is 15.2 Å². The van der Waals surface area contributed by atoms with Crippen molar-refractivity contribution in [3.8, 4) is 0 Å². The van der Waals surface area contributed by atoms with E-state index in [2.05, 4.69) is 24.0 Å². The van der Waals surface area contributed by atoms with Gasteiger partial charge in [0.2, 0.25) is 0 Å². The molecule has 3 nitrogen and oxygen atoms in total. The third-order valence-electron chi connectivity index (χ3n) is 3.14. The van der Waals surface area contributed by atoms with E-state index in [0.29, 0.717) is 19.2 Å². The Hall–Kier alpha value is 0.230. The van der Waals surface area contributed by atoms with Crippen LogP contribution in [0.25, 0.3) is 0 Å². The van der Waals surface area contributed by atoms with Gasteiger partial charge >= 0.3 is 0 Å². The summed E-state index contributed by atoms with van der Waals surface area (Å²) in [5.41, 5.74) is -0.169. The summed E-state index contributed by atoms with van der Waals surface area (Å²) in [5.74, 6) is 1.21. The molecule has 1 fully saturated rings. The van der Waals surface area contributed by atoms with Crippen LogP contribution in [0.2, 0.25) is 0 Å². The van der Waals surface area contributed by atoms with Crippen molar-refractivity contribution in [1.82, 2.24) is 5.32 Å². The lowest BCUT2D eigenvalue weighted by Gasteiger charge is -2.23. The van der Waals surface area contributed by atoms with Gasteiger partial charge in [-0.05, 0) is 45.8 Å². The fourth-order valence-corrected chi connectivity index (χ4v) is 3.36. The maximum atomic E-state index is 9.85. The van der Waals surface area contributed by atoms with Crippen molar-refractivity contribution >= 4 is 11.8 Å². The summed E-state index contributed by atoms with van der Waals surface area (Å²) in [4.78, 5) is 0. The molecule has 1 saturated carbocycles. The van der Waals surface area contributed by atoms with Crippen molar-refractivity contribution in [2.45, 2.75) is 70.0 Å². The van der Waals surface area contributed by atoms with Crippen LogP contribution in [0.4, 0.5) is 0 Å². The van der Waals surface area contributed by atoms with Crippen molar-refractivity contribution in [3.63, 3.8) is 0 Å². The fourth-order valence-electron chi connectivity index (χ4n) is 2.22. The second-order valence-electron chi connectivity index (χ2n) is 6.07. The monoisotopic (exact) mass is 275 g/mol. The van der Waals surface area contributed by atoms with E-state index in [1.54, 1.807) is 0 Å². The molecule has 0 aromatic heterocycles. The Labute approximate surface area is 116 Å². The van der Waals surface area contributed by atoms with E-state index < -0.39 is 6.10 Å². The van der Waals surface area contributed by atoms with E-state index in [9.17, 15) is 5.11 Å². The van der Waals surface area contributed by atoms with Crippen LogP contribution in [0, 0.1) is 0 Å². The Morgan fingerprint density at radius 3 is 2.72 bits per heavy atom. The van der Waals surface area contributed by atoms with Crippen LogP contribution in [-0.2, 0) is 4.74 Å². The van der Waals surface area contributed by atoms with Crippen molar-refractivity contribution in [2.75, 3.05) is 18.9 Å². The summed E-state index contributed by atoms with van der Waals surface area (Å²) in [5, 5.41) is 14.1. The van der Waals surface area contributed by atoms with Crippen LogP contribution in [-0.4, -0.2) is 47.0 Å². The van der Waals surface area contributed by atoms with E-state index in [4.69, 9.17) is 4.74 Å². The van der Waals surface area contributed by atoms with E-state index >= 15 is 0 Å². The minimum atomic E-state index is -0.401. The van der Waals surface area contributed by atoms with Gasteiger partial charge in [-0.1, -0.05) is 6.92 Å². The van der Waals surface area contributed by atoms with Crippen LogP contribution in [0.3, 0.4) is 0 Å². The predicted molar refractivity (Wildman–Crippen MR) is 79.3 cm³/mol. The molecule has 0 spiro atoms. The predicted octanol–water partition coefficient (Wildman–Crippen LogP) is 2.43. The standard InChI is InChI=1S/C14H29NO2S/c1-5-18-13-7-6-11(8-13)15-9-12(16)10-17-14(2,3)4/h11-13,15-16H,5-10H2,1-4H3. The van der Waals surface area contributed by atoms with Gasteiger partial charge in [0.15, 0.2) is 0 Å². The fraction of sp³-hybridized carbons (Fsp3) is 1.00. The van der Waals surface area contributed by atoms with Crippen molar-refractivity contribution in [3.05, 3.63) is 0 Å². The highest BCUT2D eigenvalue weighted by molar-refractivity contribution is 7.99. The second-order valence-corrected chi connectivity index (χ2v) is 7.65. The molecule has 3 atom stereocenters. The number of rotatable bonds is 7. The van der Waals surface area contributed by atoms with Crippen molar-refractivity contribution in [1.29, 1.82) is 0 Å². The molecule has 18 heavy (non-hydrogen) atoms. The number of hydrogen-bond acceptors (Lipinski definition) is 4. The normalized spacial score (nSPS) is 26.5. The first-order chi connectivity index (χ1) is 8.40. The topological polar surface area (TPSA) is 41.5 Å². The van der Waals surface area contributed by atoms with E-state index in [1.807, 2.05) is 20.8 Å². The molecule has 0 heterocycles. The highest BCUT2D eigenvalue weighted by atomic mass is 32.2. The Kier molecular flexibility index (Phi) is 6.99. The minimum absolute atomic E-state index is 0.169. The summed E-state index contributed by atoms with van der Waals surface area (Å²) in [6, 6.07) is 0.582. The smallest absolute Gasteiger partial charge is 0.0898 e. The van der Waals surface area contributed by atoms with E-state index in [1.165, 1.54) is 25.0 Å². The van der Waals surface area contributed by atoms with Gasteiger partial charge in [-0.25, -0.2) is 0 Å². The van der Waals surface area contributed by atoms with E-state index in [-0.39, 0.29) is 5.60 Å². The average molecular weight is 275 g/mol. The molecular formula is C14H29NO2S. The second kappa shape index (κ2) is 7.73. The summed E-state index contributed by atoms with van der Waals surface area (Å²) >= 11 is 2.06. The Bertz CT molecular complexity index is 230. The van der Waals surface area contributed by atoms with Crippen LogP contribution >= 0.6 is 11.8 Å². The minimum Gasteiger partial charge on any atom is -0.389 e. The van der Waals surface area contributed by atoms with E-state index in [0.717, 1.165) is 5.25 Å². The van der Waals surface area contributed by atoms with Crippen molar-refractivity contribution in [2.24, 2.45) is 0 Å². The number of aliphatic hydroxyl groups is 1. The molecule has 0 bridgehead atoms. The summed E-state index contributed by atoms with van der Waals surface area (Å²) in [6.45, 7) is 9.31. The lowest BCUT2D eigenvalue weighted by atomic mass is 10.2.